The van der Waals surface area contributed by atoms with Gasteiger partial charge in [-0.1, -0.05) is 48.5 Å². The summed E-state index contributed by atoms with van der Waals surface area (Å²) in [5, 5.41) is 7.11. The molecule has 0 aliphatic rings. The minimum atomic E-state index is -0.400. The van der Waals surface area contributed by atoms with Crippen LogP contribution in [-0.4, -0.2) is 34.5 Å². The molecule has 0 aliphatic carbocycles. The molecule has 10 heteroatoms. The van der Waals surface area contributed by atoms with Crippen LogP contribution in [0, 0.1) is 6.92 Å². The number of nitrogens with zero attached hydrogens (tertiary/aromatic N) is 2. The smallest absolute Gasteiger partial charge is 0.318 e. The normalized spacial score (nSPS) is 11.7. The Kier molecular flexibility index (Phi) is 7.86. The number of rotatable bonds is 9. The maximum Gasteiger partial charge on any atom is 0.318 e. The van der Waals surface area contributed by atoms with Gasteiger partial charge in [0.15, 0.2) is 0 Å². The molecule has 0 aliphatic heterocycles. The summed E-state index contributed by atoms with van der Waals surface area (Å²) in [6.45, 7) is 6.22. The van der Waals surface area contributed by atoms with Crippen molar-refractivity contribution in [1.82, 2.24) is 20.3 Å². The number of benzene rings is 2. The van der Waals surface area contributed by atoms with Crippen molar-refractivity contribution in [1.29, 1.82) is 0 Å². The molecular formula is C27H27ClN6O3. The van der Waals surface area contributed by atoms with E-state index >= 15 is 0 Å². The first-order valence-corrected chi connectivity index (χ1v) is 12.0. The topological polar surface area (TPSA) is 135 Å². The van der Waals surface area contributed by atoms with Crippen LogP contribution in [0.1, 0.15) is 39.6 Å². The lowest BCUT2D eigenvalue weighted by atomic mass is 10.0. The van der Waals surface area contributed by atoms with Gasteiger partial charge in [0.2, 0.25) is 0 Å². The number of methoxy groups -OCH3 is 1. The Morgan fingerprint density at radius 1 is 1.19 bits per heavy atom. The first kappa shape index (κ1) is 25.9. The number of halogens is 1. The largest absolute Gasteiger partial charge is 0.467 e. The molecule has 0 saturated heterocycles. The fourth-order valence-corrected chi connectivity index (χ4v) is 4.10. The third-order valence-corrected chi connectivity index (χ3v) is 6.19. The Balaban J connectivity index is 1.58. The van der Waals surface area contributed by atoms with E-state index in [0.717, 1.165) is 5.56 Å². The Hall–Kier alpha value is -4.21. The molecule has 9 nitrogen and oxygen atoms in total. The van der Waals surface area contributed by atoms with E-state index in [2.05, 4.69) is 32.2 Å². The summed E-state index contributed by atoms with van der Waals surface area (Å²) in [5.74, 6) is -0.280. The quantitative estimate of drug-likeness (QED) is 0.261. The van der Waals surface area contributed by atoms with E-state index < -0.39 is 5.56 Å². The average Bonchev–Trinajstić information content (AvgIpc) is 2.89. The number of pyridine rings is 1. The van der Waals surface area contributed by atoms with Gasteiger partial charge in [-0.3, -0.25) is 9.59 Å². The number of aromatic amines is 1. The van der Waals surface area contributed by atoms with Gasteiger partial charge in [-0.25, -0.2) is 0 Å². The minimum Gasteiger partial charge on any atom is -0.467 e. The zero-order valence-corrected chi connectivity index (χ0v) is 21.2. The second-order valence-corrected chi connectivity index (χ2v) is 8.79. The van der Waals surface area contributed by atoms with E-state index in [4.69, 9.17) is 22.1 Å². The molecule has 2 heterocycles. The number of H-pyrrole nitrogens is 1. The summed E-state index contributed by atoms with van der Waals surface area (Å²) in [5.41, 5.74) is 8.72. The number of hydrogen-bond donors (Lipinski definition) is 4. The Morgan fingerprint density at radius 2 is 1.95 bits per heavy atom. The van der Waals surface area contributed by atoms with Crippen molar-refractivity contribution in [2.24, 2.45) is 5.73 Å². The molecule has 2 aromatic heterocycles. The number of aryl methyl sites for hydroxylation is 1. The fourth-order valence-electron chi connectivity index (χ4n) is 3.93. The molecule has 0 saturated carbocycles. The second-order valence-electron chi connectivity index (χ2n) is 8.38. The first-order chi connectivity index (χ1) is 17.8. The molecule has 0 bridgehead atoms. The number of nitrogens with two attached hydrogens (primary N) is 1. The highest BCUT2D eigenvalue weighted by Crippen LogP contribution is 2.27. The SMILES string of the molecule is C=C(Nc1cc(C(=O)NC(CCN)c2ccccc2)ccc1Cl)c1cc2c(C)nc(OC)nc2[nH]c1=O. The van der Waals surface area contributed by atoms with Crippen LogP contribution in [0.3, 0.4) is 0 Å². The highest BCUT2D eigenvalue weighted by atomic mass is 35.5. The third-order valence-electron chi connectivity index (χ3n) is 5.87. The van der Waals surface area contributed by atoms with Crippen molar-refractivity contribution in [2.45, 2.75) is 19.4 Å². The molecule has 37 heavy (non-hydrogen) atoms. The molecular weight excluding hydrogens is 492 g/mol. The summed E-state index contributed by atoms with van der Waals surface area (Å²) >= 11 is 6.41. The Morgan fingerprint density at radius 3 is 2.65 bits per heavy atom. The van der Waals surface area contributed by atoms with Gasteiger partial charge in [0.1, 0.15) is 5.65 Å². The van der Waals surface area contributed by atoms with E-state index in [1.54, 1.807) is 31.2 Å². The van der Waals surface area contributed by atoms with E-state index in [9.17, 15) is 9.59 Å². The summed E-state index contributed by atoms with van der Waals surface area (Å²) in [4.78, 5) is 37.1. The number of hydrogen-bond acceptors (Lipinski definition) is 7. The van der Waals surface area contributed by atoms with E-state index in [0.29, 0.717) is 51.7 Å². The van der Waals surface area contributed by atoms with Crippen LogP contribution in [0.25, 0.3) is 16.7 Å². The van der Waals surface area contributed by atoms with Crippen LogP contribution in [0.5, 0.6) is 6.01 Å². The number of amides is 1. The third kappa shape index (κ3) is 5.79. The van der Waals surface area contributed by atoms with Crippen molar-refractivity contribution < 1.29 is 9.53 Å². The molecule has 1 unspecified atom stereocenters. The molecule has 1 atom stereocenters. The Labute approximate surface area is 218 Å². The average molecular weight is 519 g/mol. The number of aromatic nitrogens is 3. The lowest BCUT2D eigenvalue weighted by Gasteiger charge is -2.19. The number of carbonyl (C=O) groups excluding carboxylic acids is 1. The lowest BCUT2D eigenvalue weighted by Crippen LogP contribution is -2.30. The predicted octanol–water partition coefficient (Wildman–Crippen LogP) is 4.19. The summed E-state index contributed by atoms with van der Waals surface area (Å²) in [7, 11) is 1.46. The van der Waals surface area contributed by atoms with Crippen LogP contribution in [-0.2, 0) is 0 Å². The highest BCUT2D eigenvalue weighted by molar-refractivity contribution is 6.33. The standard InChI is InChI=1S/C27H27ClN6O3/c1-15-19-14-20(26(36)33-24(19)34-27(31-15)37-3)16(2)30-23-13-18(9-10-21(23)28)25(35)32-22(11-12-29)17-7-5-4-6-8-17/h4-10,13-14,22,30H,2,11-12,29H2,1,3H3,(H,32,35)(H,31,33,34,36). The Bertz CT molecular complexity index is 1520. The molecule has 0 fully saturated rings. The number of anilines is 1. The van der Waals surface area contributed by atoms with Gasteiger partial charge in [-0.15, -0.1) is 0 Å². The molecule has 1 amide bonds. The van der Waals surface area contributed by atoms with E-state index in [1.807, 2.05) is 30.3 Å². The van der Waals surface area contributed by atoms with Crippen LogP contribution < -0.4 is 26.7 Å². The van der Waals surface area contributed by atoms with E-state index in [-0.39, 0.29) is 23.5 Å². The molecule has 5 N–H and O–H groups in total. The fraction of sp³-hybridized carbons (Fsp3) is 0.185. The van der Waals surface area contributed by atoms with Crippen molar-refractivity contribution in [3.63, 3.8) is 0 Å². The van der Waals surface area contributed by atoms with Crippen molar-refractivity contribution in [3.05, 3.63) is 98.9 Å². The first-order valence-electron chi connectivity index (χ1n) is 11.6. The monoisotopic (exact) mass is 518 g/mol. The zero-order chi connectivity index (χ0) is 26.5. The lowest BCUT2D eigenvalue weighted by molar-refractivity contribution is 0.0935. The van der Waals surface area contributed by atoms with Crippen molar-refractivity contribution >= 4 is 39.9 Å². The molecule has 0 spiro atoms. The second kappa shape index (κ2) is 11.2. The van der Waals surface area contributed by atoms with Crippen LogP contribution >= 0.6 is 11.6 Å². The van der Waals surface area contributed by atoms with Gasteiger partial charge >= 0.3 is 6.01 Å². The summed E-state index contributed by atoms with van der Waals surface area (Å²) < 4.78 is 5.08. The van der Waals surface area contributed by atoms with Crippen molar-refractivity contribution in [2.75, 3.05) is 19.0 Å². The number of ether oxygens (including phenoxy) is 1. The van der Waals surface area contributed by atoms with Crippen LogP contribution in [0.15, 0.2) is 66.0 Å². The molecule has 4 aromatic rings. The van der Waals surface area contributed by atoms with Gasteiger partial charge < -0.3 is 26.1 Å². The van der Waals surface area contributed by atoms with Gasteiger partial charge in [-0.05, 0) is 49.7 Å². The molecule has 190 valence electrons. The highest BCUT2D eigenvalue weighted by Gasteiger charge is 2.17. The zero-order valence-electron chi connectivity index (χ0n) is 20.5. The van der Waals surface area contributed by atoms with Gasteiger partial charge in [0.25, 0.3) is 11.5 Å². The number of carbonyl (C=O) groups is 1. The summed E-state index contributed by atoms with van der Waals surface area (Å²) in [6.07, 6.45) is 0.588. The van der Waals surface area contributed by atoms with Crippen LogP contribution in [0.2, 0.25) is 5.02 Å². The minimum absolute atomic E-state index is 0.160. The number of fused-ring (bicyclic) bond motifs is 1. The number of nitrogens with one attached hydrogen (secondary N) is 3. The van der Waals surface area contributed by atoms with Crippen LogP contribution in [0.4, 0.5) is 5.69 Å². The molecule has 2 aromatic carbocycles. The van der Waals surface area contributed by atoms with Gasteiger partial charge in [0, 0.05) is 16.6 Å². The van der Waals surface area contributed by atoms with Gasteiger partial charge in [-0.2, -0.15) is 9.97 Å². The van der Waals surface area contributed by atoms with E-state index in [1.165, 1.54) is 7.11 Å². The molecule has 4 rings (SSSR count). The van der Waals surface area contributed by atoms with Gasteiger partial charge in [0.05, 0.1) is 35.1 Å². The van der Waals surface area contributed by atoms with Crippen molar-refractivity contribution in [3.8, 4) is 6.01 Å². The maximum absolute atomic E-state index is 13.1. The maximum atomic E-state index is 13.1. The summed E-state index contributed by atoms with van der Waals surface area (Å²) in [6, 6.07) is 16.1. The predicted molar refractivity (Wildman–Crippen MR) is 146 cm³/mol. The molecule has 0 radical (unpaired) electrons.